The van der Waals surface area contributed by atoms with Crippen molar-refractivity contribution in [3.63, 3.8) is 0 Å². The number of nitrogens with two attached hydrogens (primary N) is 1. The highest BCUT2D eigenvalue weighted by Crippen LogP contribution is 2.50. The SMILES string of the molecule is CCCCCCCCCCCC(=O)NC(C(C)C)P(=O)(O)O[C@@H](CCCCN)C(=O)O. The highest BCUT2D eigenvalue weighted by atomic mass is 31.2. The molecule has 0 aromatic rings. The minimum atomic E-state index is -4.38. The number of carboxylic acid groups (broad SMARTS) is 1. The van der Waals surface area contributed by atoms with Gasteiger partial charge in [0.15, 0.2) is 6.10 Å². The van der Waals surface area contributed by atoms with E-state index in [1.54, 1.807) is 13.8 Å². The van der Waals surface area contributed by atoms with Crippen molar-refractivity contribution in [2.24, 2.45) is 11.7 Å². The first-order chi connectivity index (χ1) is 14.7. The number of nitrogens with one attached hydrogen (secondary N) is 1. The Labute approximate surface area is 188 Å². The molecule has 0 radical (unpaired) electrons. The number of carbonyl (C=O) groups excluding carboxylic acids is 1. The molecule has 31 heavy (non-hydrogen) atoms. The number of unbranched alkanes of at least 4 members (excludes halogenated alkanes) is 9. The van der Waals surface area contributed by atoms with Gasteiger partial charge >= 0.3 is 13.6 Å². The normalized spacial score (nSPS) is 15.4. The van der Waals surface area contributed by atoms with Crippen LogP contribution in [0.4, 0.5) is 0 Å². The molecule has 0 aliphatic rings. The summed E-state index contributed by atoms with van der Waals surface area (Å²) in [5.74, 6) is -3.14. The topological polar surface area (TPSA) is 139 Å². The third-order valence-corrected chi connectivity index (χ3v) is 7.26. The lowest BCUT2D eigenvalue weighted by atomic mass is 10.1. The van der Waals surface area contributed by atoms with Crippen molar-refractivity contribution in [1.82, 2.24) is 5.32 Å². The number of hydrogen-bond donors (Lipinski definition) is 4. The van der Waals surface area contributed by atoms with E-state index in [2.05, 4.69) is 12.2 Å². The van der Waals surface area contributed by atoms with Crippen LogP contribution in [0.15, 0.2) is 0 Å². The van der Waals surface area contributed by atoms with Crippen LogP contribution in [0.1, 0.15) is 104 Å². The Morgan fingerprint density at radius 1 is 0.968 bits per heavy atom. The van der Waals surface area contributed by atoms with Crippen LogP contribution in [-0.4, -0.2) is 40.3 Å². The first-order valence-corrected chi connectivity index (χ1v) is 13.5. The zero-order valence-corrected chi connectivity index (χ0v) is 20.6. The van der Waals surface area contributed by atoms with Crippen LogP contribution in [-0.2, 0) is 18.7 Å². The fourth-order valence-corrected chi connectivity index (χ4v) is 5.15. The Balaban J connectivity index is 4.49. The molecule has 184 valence electrons. The van der Waals surface area contributed by atoms with Crippen molar-refractivity contribution < 1.29 is 28.7 Å². The van der Waals surface area contributed by atoms with E-state index in [0.717, 1.165) is 19.3 Å². The Morgan fingerprint density at radius 3 is 2.00 bits per heavy atom. The Bertz CT molecular complexity index is 544. The summed E-state index contributed by atoms with van der Waals surface area (Å²) in [7, 11) is -4.38. The molecule has 0 aliphatic heterocycles. The molecule has 0 aromatic carbocycles. The predicted octanol–water partition coefficient (Wildman–Crippen LogP) is 4.79. The minimum Gasteiger partial charge on any atom is -0.479 e. The van der Waals surface area contributed by atoms with Crippen LogP contribution in [0.3, 0.4) is 0 Å². The number of carboxylic acids is 1. The lowest BCUT2D eigenvalue weighted by Crippen LogP contribution is -2.40. The fourth-order valence-electron chi connectivity index (χ4n) is 3.40. The largest absolute Gasteiger partial charge is 0.479 e. The van der Waals surface area contributed by atoms with Gasteiger partial charge in [0.1, 0.15) is 5.78 Å². The summed E-state index contributed by atoms with van der Waals surface area (Å²) in [5.41, 5.74) is 5.41. The molecule has 0 fully saturated rings. The molecule has 0 spiro atoms. The average Bonchev–Trinajstić information content (AvgIpc) is 2.69. The molecule has 0 aliphatic carbocycles. The highest BCUT2D eigenvalue weighted by molar-refractivity contribution is 7.53. The third kappa shape index (κ3) is 14.7. The van der Waals surface area contributed by atoms with Gasteiger partial charge in [-0.2, -0.15) is 0 Å². The van der Waals surface area contributed by atoms with E-state index in [1.165, 1.54) is 38.5 Å². The first kappa shape index (κ1) is 30.0. The quantitative estimate of drug-likeness (QED) is 0.150. The smallest absolute Gasteiger partial charge is 0.351 e. The lowest BCUT2D eigenvalue weighted by Gasteiger charge is -2.28. The Kier molecular flexibility index (Phi) is 17.0. The Hall–Kier alpha value is -0.950. The number of hydrogen-bond acceptors (Lipinski definition) is 5. The summed E-state index contributed by atoms with van der Waals surface area (Å²) < 4.78 is 17.9. The second-order valence-electron chi connectivity index (χ2n) is 8.62. The molecule has 3 atom stereocenters. The van der Waals surface area contributed by atoms with E-state index >= 15 is 0 Å². The maximum Gasteiger partial charge on any atom is 0.351 e. The monoisotopic (exact) mass is 464 g/mol. The summed E-state index contributed by atoms with van der Waals surface area (Å²) in [6.45, 7) is 6.00. The van der Waals surface area contributed by atoms with Gasteiger partial charge in [-0.3, -0.25) is 13.9 Å². The van der Waals surface area contributed by atoms with Gasteiger partial charge in [-0.15, -0.1) is 0 Å². The van der Waals surface area contributed by atoms with Gasteiger partial charge in [-0.25, -0.2) is 4.79 Å². The molecule has 0 saturated heterocycles. The zero-order chi connectivity index (χ0) is 23.7. The Morgan fingerprint density at radius 2 is 1.52 bits per heavy atom. The number of amides is 1. The predicted molar refractivity (Wildman–Crippen MR) is 124 cm³/mol. The van der Waals surface area contributed by atoms with E-state index in [-0.39, 0.29) is 24.7 Å². The van der Waals surface area contributed by atoms with Gasteiger partial charge in [0.05, 0.1) is 0 Å². The van der Waals surface area contributed by atoms with Crippen molar-refractivity contribution in [3.8, 4) is 0 Å². The van der Waals surface area contributed by atoms with Crippen molar-refractivity contribution in [3.05, 3.63) is 0 Å². The molecule has 8 nitrogen and oxygen atoms in total. The van der Waals surface area contributed by atoms with Crippen molar-refractivity contribution in [1.29, 1.82) is 0 Å². The molecule has 0 bridgehead atoms. The van der Waals surface area contributed by atoms with Crippen LogP contribution >= 0.6 is 7.60 Å². The van der Waals surface area contributed by atoms with E-state index in [0.29, 0.717) is 19.4 Å². The van der Waals surface area contributed by atoms with E-state index in [4.69, 9.17) is 10.3 Å². The molecule has 5 N–H and O–H groups in total. The van der Waals surface area contributed by atoms with Gasteiger partial charge in [0.2, 0.25) is 5.91 Å². The standard InChI is InChI=1S/C22H45N2O6P/c1-4-5-6-7-8-9-10-11-12-16-20(25)24-21(18(2)3)31(28,29)30-19(22(26)27)15-13-14-17-23/h18-19,21H,4-17,23H2,1-3H3,(H,24,25)(H,26,27)(H,28,29)/t19-,21?/m0/s1. The van der Waals surface area contributed by atoms with Gasteiger partial charge in [-0.1, -0.05) is 72.1 Å². The van der Waals surface area contributed by atoms with Crippen LogP contribution in [0, 0.1) is 5.92 Å². The van der Waals surface area contributed by atoms with Gasteiger partial charge in [0, 0.05) is 6.42 Å². The zero-order valence-electron chi connectivity index (χ0n) is 19.7. The minimum absolute atomic E-state index is 0.0916. The molecule has 0 rings (SSSR count). The van der Waals surface area contributed by atoms with E-state index in [9.17, 15) is 24.2 Å². The fraction of sp³-hybridized carbons (Fsp3) is 0.909. The number of carbonyl (C=O) groups is 2. The number of aliphatic carboxylic acids is 1. The van der Waals surface area contributed by atoms with E-state index < -0.39 is 25.5 Å². The van der Waals surface area contributed by atoms with Gasteiger partial charge < -0.3 is 21.1 Å². The summed E-state index contributed by atoms with van der Waals surface area (Å²) in [6.07, 6.45) is 10.3. The molecular weight excluding hydrogens is 419 g/mol. The summed E-state index contributed by atoms with van der Waals surface area (Å²) in [5, 5.41) is 11.9. The van der Waals surface area contributed by atoms with Gasteiger partial charge in [-0.05, 0) is 38.1 Å². The molecule has 0 heterocycles. The number of rotatable bonds is 20. The molecule has 0 aromatic heterocycles. The summed E-state index contributed by atoms with van der Waals surface area (Å²) >= 11 is 0. The van der Waals surface area contributed by atoms with Crippen LogP contribution < -0.4 is 11.1 Å². The van der Waals surface area contributed by atoms with Crippen molar-refractivity contribution >= 4 is 19.5 Å². The van der Waals surface area contributed by atoms with Gasteiger partial charge in [0.25, 0.3) is 0 Å². The summed E-state index contributed by atoms with van der Waals surface area (Å²) in [6, 6.07) is 0. The second-order valence-corrected chi connectivity index (χ2v) is 10.5. The van der Waals surface area contributed by atoms with Crippen LogP contribution in [0.5, 0.6) is 0 Å². The summed E-state index contributed by atoms with van der Waals surface area (Å²) in [4.78, 5) is 34.2. The van der Waals surface area contributed by atoms with Crippen LogP contribution in [0.2, 0.25) is 0 Å². The van der Waals surface area contributed by atoms with Crippen molar-refractivity contribution in [2.75, 3.05) is 6.54 Å². The molecule has 9 heteroatoms. The maximum atomic E-state index is 12.8. The average molecular weight is 465 g/mol. The highest BCUT2D eigenvalue weighted by Gasteiger charge is 2.40. The maximum absolute atomic E-state index is 12.8. The van der Waals surface area contributed by atoms with E-state index in [1.807, 2.05) is 0 Å². The van der Waals surface area contributed by atoms with Crippen LogP contribution in [0.25, 0.3) is 0 Å². The first-order valence-electron chi connectivity index (χ1n) is 11.9. The van der Waals surface area contributed by atoms with Crippen molar-refractivity contribution in [2.45, 2.75) is 116 Å². The molecule has 1 amide bonds. The molecule has 0 saturated carbocycles. The lowest BCUT2D eigenvalue weighted by molar-refractivity contribution is -0.145. The third-order valence-electron chi connectivity index (χ3n) is 5.27. The molecule has 2 unspecified atom stereocenters. The molecular formula is C22H45N2O6P. The second kappa shape index (κ2) is 17.6.